The highest BCUT2D eigenvalue weighted by Crippen LogP contribution is 2.26. The number of benzene rings is 1. The number of ether oxygens (including phenoxy) is 1. The van der Waals surface area contributed by atoms with Crippen molar-refractivity contribution in [2.75, 3.05) is 19.1 Å². The highest BCUT2D eigenvalue weighted by molar-refractivity contribution is 5.62. The fourth-order valence-corrected chi connectivity index (χ4v) is 1.73. The maximum absolute atomic E-state index is 5.67. The molecule has 1 aromatic carbocycles. The van der Waals surface area contributed by atoms with E-state index in [0.29, 0.717) is 6.54 Å². The molecule has 1 aromatic heterocycles. The lowest BCUT2D eigenvalue weighted by atomic mass is 10.2. The zero-order chi connectivity index (χ0) is 13.0. The van der Waals surface area contributed by atoms with Gasteiger partial charge in [0.25, 0.3) is 0 Å². The molecule has 18 heavy (non-hydrogen) atoms. The van der Waals surface area contributed by atoms with Gasteiger partial charge in [-0.25, -0.2) is 4.98 Å². The van der Waals surface area contributed by atoms with Crippen LogP contribution in [-0.4, -0.2) is 24.1 Å². The van der Waals surface area contributed by atoms with Crippen LogP contribution >= 0.6 is 0 Å². The van der Waals surface area contributed by atoms with E-state index >= 15 is 0 Å². The van der Waals surface area contributed by atoms with Gasteiger partial charge < -0.3 is 15.4 Å². The molecule has 5 heteroatoms. The molecule has 1 heterocycles. The summed E-state index contributed by atoms with van der Waals surface area (Å²) in [5.74, 6) is 1.56. The number of anilines is 2. The zero-order valence-electron chi connectivity index (χ0n) is 10.5. The van der Waals surface area contributed by atoms with Gasteiger partial charge in [0.15, 0.2) is 5.82 Å². The molecule has 0 unspecified atom stereocenters. The van der Waals surface area contributed by atoms with Gasteiger partial charge in [-0.3, -0.25) is 4.98 Å². The van der Waals surface area contributed by atoms with E-state index in [2.05, 4.69) is 9.97 Å². The lowest BCUT2D eigenvalue weighted by Gasteiger charge is -2.20. The molecule has 0 aliphatic heterocycles. The van der Waals surface area contributed by atoms with Crippen LogP contribution in [0.5, 0.6) is 5.75 Å². The van der Waals surface area contributed by atoms with Crippen molar-refractivity contribution in [3.8, 4) is 5.75 Å². The smallest absolute Gasteiger partial charge is 0.155 e. The highest BCUT2D eigenvalue weighted by Gasteiger charge is 2.11. The summed E-state index contributed by atoms with van der Waals surface area (Å²) in [4.78, 5) is 10.5. The Morgan fingerprint density at radius 3 is 2.78 bits per heavy atom. The van der Waals surface area contributed by atoms with Gasteiger partial charge in [0.1, 0.15) is 5.75 Å². The molecule has 2 aromatic rings. The second kappa shape index (κ2) is 5.46. The predicted octanol–water partition coefficient (Wildman–Crippen LogP) is 1.71. The first-order chi connectivity index (χ1) is 8.76. The Bertz CT molecular complexity index is 530. The first-order valence-corrected chi connectivity index (χ1v) is 5.64. The molecule has 0 saturated heterocycles. The molecule has 94 valence electrons. The summed E-state index contributed by atoms with van der Waals surface area (Å²) in [5.41, 5.74) is 7.41. The normalized spacial score (nSPS) is 10.2. The van der Waals surface area contributed by atoms with Gasteiger partial charge in [0.2, 0.25) is 0 Å². The molecule has 0 fully saturated rings. The van der Waals surface area contributed by atoms with E-state index in [1.165, 1.54) is 0 Å². The van der Waals surface area contributed by atoms with Gasteiger partial charge in [-0.2, -0.15) is 0 Å². The Balaban J connectivity index is 2.37. The van der Waals surface area contributed by atoms with Crippen molar-refractivity contribution in [1.29, 1.82) is 0 Å². The van der Waals surface area contributed by atoms with Crippen LogP contribution in [0.3, 0.4) is 0 Å². The van der Waals surface area contributed by atoms with E-state index in [0.717, 1.165) is 22.9 Å². The molecule has 0 spiro atoms. The average Bonchev–Trinajstić information content (AvgIpc) is 2.46. The van der Waals surface area contributed by atoms with Crippen LogP contribution in [0.1, 0.15) is 5.69 Å². The summed E-state index contributed by atoms with van der Waals surface area (Å²) in [7, 11) is 3.57. The third-order valence-corrected chi connectivity index (χ3v) is 2.70. The van der Waals surface area contributed by atoms with E-state index in [1.807, 2.05) is 36.2 Å². The molecular weight excluding hydrogens is 228 g/mol. The van der Waals surface area contributed by atoms with Crippen molar-refractivity contribution in [3.63, 3.8) is 0 Å². The number of aromatic nitrogens is 2. The fourth-order valence-electron chi connectivity index (χ4n) is 1.73. The van der Waals surface area contributed by atoms with E-state index in [1.54, 1.807) is 19.5 Å². The Hall–Kier alpha value is -2.14. The summed E-state index contributed by atoms with van der Waals surface area (Å²) in [5, 5.41) is 0. The van der Waals surface area contributed by atoms with Gasteiger partial charge in [0.05, 0.1) is 12.8 Å². The maximum Gasteiger partial charge on any atom is 0.155 e. The Labute approximate surface area is 106 Å². The minimum atomic E-state index is 0.359. The summed E-state index contributed by atoms with van der Waals surface area (Å²) in [6.07, 6.45) is 3.30. The summed E-state index contributed by atoms with van der Waals surface area (Å²) < 4.78 is 5.21. The van der Waals surface area contributed by atoms with Gasteiger partial charge in [-0.15, -0.1) is 0 Å². The second-order valence-electron chi connectivity index (χ2n) is 3.79. The van der Waals surface area contributed by atoms with E-state index < -0.39 is 0 Å². The van der Waals surface area contributed by atoms with E-state index in [4.69, 9.17) is 10.5 Å². The molecule has 0 saturated carbocycles. The van der Waals surface area contributed by atoms with E-state index in [-0.39, 0.29) is 0 Å². The van der Waals surface area contributed by atoms with Crippen LogP contribution in [-0.2, 0) is 6.54 Å². The molecule has 2 rings (SSSR count). The zero-order valence-corrected chi connectivity index (χ0v) is 10.5. The van der Waals surface area contributed by atoms with Crippen LogP contribution in [0.25, 0.3) is 0 Å². The van der Waals surface area contributed by atoms with Crippen LogP contribution in [0.4, 0.5) is 11.5 Å². The fraction of sp³-hybridized carbons (Fsp3) is 0.231. The Kier molecular flexibility index (Phi) is 3.74. The summed E-state index contributed by atoms with van der Waals surface area (Å²) in [6, 6.07) is 7.76. The number of nitrogens with two attached hydrogens (primary N) is 1. The van der Waals surface area contributed by atoms with Crippen molar-refractivity contribution in [2.45, 2.75) is 6.54 Å². The predicted molar refractivity (Wildman–Crippen MR) is 71.0 cm³/mol. The van der Waals surface area contributed by atoms with Crippen molar-refractivity contribution in [2.24, 2.45) is 5.73 Å². The SMILES string of the molecule is COc1cccc(N(C)c2nccnc2CN)c1. The number of hydrogen-bond acceptors (Lipinski definition) is 5. The second-order valence-corrected chi connectivity index (χ2v) is 3.79. The number of rotatable bonds is 4. The lowest BCUT2D eigenvalue weighted by Crippen LogP contribution is -2.16. The molecule has 0 radical (unpaired) electrons. The van der Waals surface area contributed by atoms with Gasteiger partial charge in [-0.05, 0) is 12.1 Å². The van der Waals surface area contributed by atoms with Crippen molar-refractivity contribution in [3.05, 3.63) is 42.4 Å². The maximum atomic E-state index is 5.67. The van der Waals surface area contributed by atoms with Crippen molar-refractivity contribution >= 4 is 11.5 Å². The minimum absolute atomic E-state index is 0.359. The molecule has 0 aliphatic rings. The standard InChI is InChI=1S/C13H16N4O/c1-17(10-4-3-5-11(8-10)18-2)13-12(9-14)15-6-7-16-13/h3-8H,9,14H2,1-2H3. The number of methoxy groups -OCH3 is 1. The number of hydrogen-bond donors (Lipinski definition) is 1. The van der Waals surface area contributed by atoms with Crippen molar-refractivity contribution in [1.82, 2.24) is 9.97 Å². The molecule has 0 aliphatic carbocycles. The van der Waals surface area contributed by atoms with E-state index in [9.17, 15) is 0 Å². The quantitative estimate of drug-likeness (QED) is 0.887. The first-order valence-electron chi connectivity index (χ1n) is 5.64. The highest BCUT2D eigenvalue weighted by atomic mass is 16.5. The Morgan fingerprint density at radius 1 is 1.28 bits per heavy atom. The Morgan fingerprint density at radius 2 is 2.06 bits per heavy atom. The van der Waals surface area contributed by atoms with Crippen LogP contribution in [0, 0.1) is 0 Å². The largest absolute Gasteiger partial charge is 0.497 e. The molecule has 0 amide bonds. The average molecular weight is 244 g/mol. The summed E-state index contributed by atoms with van der Waals surface area (Å²) >= 11 is 0. The molecule has 5 nitrogen and oxygen atoms in total. The summed E-state index contributed by atoms with van der Waals surface area (Å²) in [6.45, 7) is 0.359. The molecule has 0 atom stereocenters. The van der Waals surface area contributed by atoms with Gasteiger partial charge in [0, 0.05) is 37.7 Å². The van der Waals surface area contributed by atoms with Crippen molar-refractivity contribution < 1.29 is 4.74 Å². The van der Waals surface area contributed by atoms with Gasteiger partial charge in [-0.1, -0.05) is 6.07 Å². The molecule has 0 bridgehead atoms. The number of nitrogens with zero attached hydrogens (tertiary/aromatic N) is 3. The van der Waals surface area contributed by atoms with Gasteiger partial charge >= 0.3 is 0 Å². The van der Waals surface area contributed by atoms with Crippen LogP contribution < -0.4 is 15.4 Å². The van der Waals surface area contributed by atoms with Crippen LogP contribution in [0.2, 0.25) is 0 Å². The molecular formula is C13H16N4O. The topological polar surface area (TPSA) is 64.3 Å². The lowest BCUT2D eigenvalue weighted by molar-refractivity contribution is 0.415. The van der Waals surface area contributed by atoms with Crippen LogP contribution in [0.15, 0.2) is 36.7 Å². The third-order valence-electron chi connectivity index (χ3n) is 2.70. The molecule has 2 N–H and O–H groups in total. The minimum Gasteiger partial charge on any atom is -0.497 e. The third kappa shape index (κ3) is 2.41. The monoisotopic (exact) mass is 244 g/mol. The first kappa shape index (κ1) is 12.3.